The van der Waals surface area contributed by atoms with Crippen LogP contribution in [0.5, 0.6) is 5.75 Å². The molecule has 0 spiro atoms. The molecular weight excluding hydrogens is 466 g/mol. The second-order valence-electron chi connectivity index (χ2n) is 5.35. The van der Waals surface area contributed by atoms with Crippen molar-refractivity contribution >= 4 is 49.4 Å². The predicted molar refractivity (Wildman–Crippen MR) is 109 cm³/mol. The Kier molecular flexibility index (Phi) is 5.88. The van der Waals surface area contributed by atoms with Gasteiger partial charge in [0.1, 0.15) is 5.75 Å². The summed E-state index contributed by atoms with van der Waals surface area (Å²) in [4.78, 5) is 5.51. The SMILES string of the molecule is Cc1csc(=NCc2ccccc2)n1N=Cc1cc(Br)c(O)c(Br)c1. The average Bonchev–Trinajstić information content (AvgIpc) is 2.96. The number of phenolic OH excluding ortho intramolecular Hbond substituents is 1. The van der Waals surface area contributed by atoms with Crippen LogP contribution in [0.4, 0.5) is 0 Å². The zero-order valence-corrected chi connectivity index (χ0v) is 17.3. The summed E-state index contributed by atoms with van der Waals surface area (Å²) in [6.07, 6.45) is 1.75. The maximum absolute atomic E-state index is 9.79. The number of aromatic nitrogens is 1. The molecule has 7 heteroatoms. The van der Waals surface area contributed by atoms with Crippen molar-refractivity contribution in [3.05, 3.63) is 78.4 Å². The Morgan fingerprint density at radius 2 is 1.84 bits per heavy atom. The maximum atomic E-state index is 9.79. The van der Waals surface area contributed by atoms with Crippen molar-refractivity contribution in [2.24, 2.45) is 10.1 Å². The van der Waals surface area contributed by atoms with Gasteiger partial charge in [0.05, 0.1) is 27.4 Å². The third-order valence-corrected chi connectivity index (χ3v) is 5.63. The predicted octanol–water partition coefficient (Wildman–Crippen LogP) is 5.07. The molecule has 0 aliphatic heterocycles. The maximum Gasteiger partial charge on any atom is 0.206 e. The Labute approximate surface area is 166 Å². The zero-order valence-electron chi connectivity index (χ0n) is 13.4. The van der Waals surface area contributed by atoms with E-state index < -0.39 is 0 Å². The molecular formula is C18H15Br2N3OS. The van der Waals surface area contributed by atoms with Crippen LogP contribution in [-0.2, 0) is 6.54 Å². The molecule has 0 saturated heterocycles. The number of hydrogen-bond donors (Lipinski definition) is 1. The Hall–Kier alpha value is -1.70. The number of nitrogens with zero attached hydrogens (tertiary/aromatic N) is 3. The first kappa shape index (κ1) is 18.1. The van der Waals surface area contributed by atoms with Gasteiger partial charge in [0, 0.05) is 5.38 Å². The molecule has 128 valence electrons. The topological polar surface area (TPSA) is 49.9 Å². The van der Waals surface area contributed by atoms with Crippen molar-refractivity contribution in [1.29, 1.82) is 0 Å². The number of hydrogen-bond acceptors (Lipinski definition) is 4. The van der Waals surface area contributed by atoms with Gasteiger partial charge in [-0.15, -0.1) is 11.3 Å². The van der Waals surface area contributed by atoms with Gasteiger partial charge in [-0.2, -0.15) is 5.10 Å². The molecule has 1 heterocycles. The normalized spacial score (nSPS) is 12.2. The summed E-state index contributed by atoms with van der Waals surface area (Å²) in [6, 6.07) is 13.8. The highest BCUT2D eigenvalue weighted by molar-refractivity contribution is 9.11. The van der Waals surface area contributed by atoms with Crippen LogP contribution in [0.3, 0.4) is 0 Å². The average molecular weight is 481 g/mol. The minimum Gasteiger partial charge on any atom is -0.506 e. The van der Waals surface area contributed by atoms with Crippen LogP contribution in [0, 0.1) is 6.92 Å². The van der Waals surface area contributed by atoms with E-state index in [0.717, 1.165) is 21.6 Å². The van der Waals surface area contributed by atoms with E-state index >= 15 is 0 Å². The van der Waals surface area contributed by atoms with Crippen molar-refractivity contribution in [3.63, 3.8) is 0 Å². The molecule has 0 bridgehead atoms. The lowest BCUT2D eigenvalue weighted by atomic mass is 10.2. The number of thiazole rings is 1. The lowest BCUT2D eigenvalue weighted by Gasteiger charge is -2.02. The summed E-state index contributed by atoms with van der Waals surface area (Å²) in [5, 5.41) is 16.4. The van der Waals surface area contributed by atoms with Gasteiger partial charge < -0.3 is 5.11 Å². The first-order valence-corrected chi connectivity index (χ1v) is 9.95. The Morgan fingerprint density at radius 1 is 1.16 bits per heavy atom. The molecule has 1 aromatic heterocycles. The minimum atomic E-state index is 0.176. The number of benzene rings is 2. The second-order valence-corrected chi connectivity index (χ2v) is 7.90. The fourth-order valence-corrected chi connectivity index (χ4v) is 4.19. The van der Waals surface area contributed by atoms with E-state index in [1.54, 1.807) is 17.6 Å². The molecule has 0 fully saturated rings. The van der Waals surface area contributed by atoms with Crippen molar-refractivity contribution in [1.82, 2.24) is 4.68 Å². The standard InChI is InChI=1S/C18H15Br2N3OS/c1-12-11-25-18(21-9-13-5-3-2-4-6-13)23(12)22-10-14-7-15(19)17(24)16(20)8-14/h2-8,10-11,24H,9H2,1H3. The molecule has 1 N–H and O–H groups in total. The first-order valence-electron chi connectivity index (χ1n) is 7.48. The molecule has 0 aliphatic carbocycles. The molecule has 4 nitrogen and oxygen atoms in total. The number of aryl methyl sites for hydroxylation is 1. The van der Waals surface area contributed by atoms with Crippen molar-refractivity contribution < 1.29 is 5.11 Å². The molecule has 3 rings (SSSR count). The first-order chi connectivity index (χ1) is 12.0. The number of aromatic hydroxyl groups is 1. The minimum absolute atomic E-state index is 0.176. The Bertz CT molecular complexity index is 954. The number of phenols is 1. The van der Waals surface area contributed by atoms with Gasteiger partial charge in [-0.05, 0) is 62.0 Å². The molecule has 0 unspecified atom stereocenters. The third kappa shape index (κ3) is 4.48. The van der Waals surface area contributed by atoms with E-state index in [0.29, 0.717) is 15.5 Å². The summed E-state index contributed by atoms with van der Waals surface area (Å²) >= 11 is 8.22. The smallest absolute Gasteiger partial charge is 0.206 e. The van der Waals surface area contributed by atoms with Crippen LogP contribution < -0.4 is 4.80 Å². The molecule has 0 radical (unpaired) electrons. The molecule has 0 saturated carbocycles. The fourth-order valence-electron chi connectivity index (χ4n) is 2.16. The quantitative estimate of drug-likeness (QED) is 0.520. The Balaban J connectivity index is 1.89. The van der Waals surface area contributed by atoms with Crippen molar-refractivity contribution in [3.8, 4) is 5.75 Å². The highest BCUT2D eigenvalue weighted by atomic mass is 79.9. The van der Waals surface area contributed by atoms with E-state index in [1.165, 1.54) is 0 Å². The fraction of sp³-hybridized carbons (Fsp3) is 0.111. The van der Waals surface area contributed by atoms with Crippen LogP contribution in [0.15, 0.2) is 66.9 Å². The third-order valence-electron chi connectivity index (χ3n) is 3.45. The van der Waals surface area contributed by atoms with E-state index in [2.05, 4.69) is 54.1 Å². The molecule has 25 heavy (non-hydrogen) atoms. The van der Waals surface area contributed by atoms with Gasteiger partial charge in [0.2, 0.25) is 4.80 Å². The van der Waals surface area contributed by atoms with Gasteiger partial charge >= 0.3 is 0 Å². The number of rotatable bonds is 4. The van der Waals surface area contributed by atoms with Crippen LogP contribution >= 0.6 is 43.2 Å². The summed E-state index contributed by atoms with van der Waals surface area (Å²) in [5.41, 5.74) is 3.05. The highest BCUT2D eigenvalue weighted by Gasteiger charge is 2.05. The summed E-state index contributed by atoms with van der Waals surface area (Å²) < 4.78 is 3.05. The van der Waals surface area contributed by atoms with E-state index in [4.69, 9.17) is 0 Å². The van der Waals surface area contributed by atoms with Gasteiger partial charge in [-0.3, -0.25) is 4.99 Å². The van der Waals surface area contributed by atoms with Gasteiger partial charge in [0.25, 0.3) is 0 Å². The van der Waals surface area contributed by atoms with E-state index in [9.17, 15) is 5.11 Å². The summed E-state index contributed by atoms with van der Waals surface area (Å²) in [7, 11) is 0. The molecule has 3 aromatic rings. The van der Waals surface area contributed by atoms with Crippen molar-refractivity contribution in [2.75, 3.05) is 0 Å². The second kappa shape index (κ2) is 8.12. The monoisotopic (exact) mass is 479 g/mol. The largest absolute Gasteiger partial charge is 0.506 e. The van der Waals surface area contributed by atoms with Gasteiger partial charge in [-0.25, -0.2) is 4.68 Å². The van der Waals surface area contributed by atoms with Gasteiger partial charge in [-0.1, -0.05) is 30.3 Å². The molecule has 0 aliphatic rings. The lowest BCUT2D eigenvalue weighted by molar-refractivity contribution is 0.468. The number of halogens is 2. The van der Waals surface area contributed by atoms with Crippen LogP contribution in [-0.4, -0.2) is 16.0 Å². The van der Waals surface area contributed by atoms with Crippen LogP contribution in [0.1, 0.15) is 16.8 Å². The lowest BCUT2D eigenvalue weighted by Crippen LogP contribution is -2.12. The molecule has 2 aromatic carbocycles. The highest BCUT2D eigenvalue weighted by Crippen LogP contribution is 2.32. The van der Waals surface area contributed by atoms with Crippen molar-refractivity contribution in [2.45, 2.75) is 13.5 Å². The summed E-state index contributed by atoms with van der Waals surface area (Å²) in [6.45, 7) is 2.62. The zero-order chi connectivity index (χ0) is 17.8. The van der Waals surface area contributed by atoms with Crippen LogP contribution in [0.25, 0.3) is 0 Å². The van der Waals surface area contributed by atoms with Gasteiger partial charge in [0.15, 0.2) is 0 Å². The summed E-state index contributed by atoms with van der Waals surface area (Å²) in [5.74, 6) is 0.176. The molecule has 0 atom stereocenters. The van der Waals surface area contributed by atoms with E-state index in [1.807, 2.05) is 47.3 Å². The molecule has 0 amide bonds. The van der Waals surface area contributed by atoms with Crippen LogP contribution in [0.2, 0.25) is 0 Å². The van der Waals surface area contributed by atoms with E-state index in [-0.39, 0.29) is 5.75 Å². The Morgan fingerprint density at radius 3 is 2.52 bits per heavy atom.